The molecule has 0 aromatic heterocycles. The first-order valence-electron chi connectivity index (χ1n) is 12.8. The first-order chi connectivity index (χ1) is 17.1. The number of carbonyl (C=O) groups excluding carboxylic acids is 1. The molecular formula is C29H36N2O3SSi. The lowest BCUT2D eigenvalue weighted by Crippen LogP contribution is -2.44. The Morgan fingerprint density at radius 2 is 1.75 bits per heavy atom. The first-order valence-corrected chi connectivity index (χ1v) is 16.5. The normalized spacial score (nSPS) is 21.1. The molecule has 190 valence electrons. The van der Waals surface area contributed by atoms with Crippen LogP contribution in [0.5, 0.6) is 0 Å². The molecule has 0 unspecified atom stereocenters. The van der Waals surface area contributed by atoms with Crippen LogP contribution in [0.2, 0.25) is 18.1 Å². The van der Waals surface area contributed by atoms with Gasteiger partial charge < -0.3 is 14.1 Å². The van der Waals surface area contributed by atoms with Crippen molar-refractivity contribution >= 4 is 36.7 Å². The van der Waals surface area contributed by atoms with E-state index in [0.717, 1.165) is 42.2 Å². The van der Waals surface area contributed by atoms with Gasteiger partial charge in [-0.25, -0.2) is 0 Å². The van der Waals surface area contributed by atoms with E-state index < -0.39 is 8.32 Å². The summed E-state index contributed by atoms with van der Waals surface area (Å²) in [5, 5.41) is 0.899. The van der Waals surface area contributed by atoms with Crippen LogP contribution in [0.3, 0.4) is 0 Å². The lowest BCUT2D eigenvalue weighted by molar-refractivity contribution is -0.113. The van der Waals surface area contributed by atoms with Gasteiger partial charge in [0.05, 0.1) is 23.7 Å². The van der Waals surface area contributed by atoms with Gasteiger partial charge in [0.1, 0.15) is 0 Å². The highest BCUT2D eigenvalue weighted by atomic mass is 32.2. The number of hydrogen-bond donors (Lipinski definition) is 0. The van der Waals surface area contributed by atoms with E-state index in [1.807, 2.05) is 18.2 Å². The Hall–Kier alpha value is -2.19. The first kappa shape index (κ1) is 25.5. The van der Waals surface area contributed by atoms with Gasteiger partial charge in [0.25, 0.3) is 5.91 Å². The molecule has 7 heteroatoms. The third-order valence-corrected chi connectivity index (χ3v) is 13.9. The number of carbonyl (C=O) groups is 1. The van der Waals surface area contributed by atoms with E-state index in [1.165, 1.54) is 22.9 Å². The molecule has 1 spiro atoms. The summed E-state index contributed by atoms with van der Waals surface area (Å²) in [6, 6.07) is 18.7. The molecule has 0 atom stereocenters. The monoisotopic (exact) mass is 520 g/mol. The summed E-state index contributed by atoms with van der Waals surface area (Å²) < 4.78 is 12.9. The van der Waals surface area contributed by atoms with Gasteiger partial charge in [-0.3, -0.25) is 4.79 Å². The van der Waals surface area contributed by atoms with Crippen LogP contribution < -0.4 is 0 Å². The fourth-order valence-corrected chi connectivity index (χ4v) is 6.86. The van der Waals surface area contributed by atoms with Crippen LogP contribution in [0.4, 0.5) is 0 Å². The average molecular weight is 521 g/mol. The van der Waals surface area contributed by atoms with Crippen LogP contribution in [0.15, 0.2) is 64.5 Å². The molecule has 0 N–H and O–H groups in total. The number of fused-ring (bicyclic) bond motifs is 2. The number of hydrogen-bond acceptors (Lipinski definition) is 5. The quantitative estimate of drug-likeness (QED) is 0.337. The fraction of sp³-hybridized carbons (Fsp3) is 0.448. The lowest BCUT2D eigenvalue weighted by atomic mass is 9.84. The summed E-state index contributed by atoms with van der Waals surface area (Å²) in [6.45, 7) is 14.0. The molecule has 0 radical (unpaired) electrons. The Labute approximate surface area is 220 Å². The van der Waals surface area contributed by atoms with Gasteiger partial charge in [0.15, 0.2) is 13.5 Å². The molecule has 2 aromatic carbocycles. The molecule has 2 aromatic rings. The highest BCUT2D eigenvalue weighted by Crippen LogP contribution is 2.45. The number of nitrogens with zero attached hydrogens (tertiary/aromatic N) is 2. The van der Waals surface area contributed by atoms with Crippen molar-refractivity contribution in [3.8, 4) is 0 Å². The Kier molecular flexibility index (Phi) is 6.79. The summed E-state index contributed by atoms with van der Waals surface area (Å²) in [6.07, 6.45) is 1.80. The molecule has 1 amide bonds. The van der Waals surface area contributed by atoms with Gasteiger partial charge in [-0.2, -0.15) is 4.99 Å². The van der Waals surface area contributed by atoms with Crippen molar-refractivity contribution < 1.29 is 14.0 Å². The van der Waals surface area contributed by atoms with E-state index in [-0.39, 0.29) is 16.5 Å². The minimum absolute atomic E-state index is 0.0959. The van der Waals surface area contributed by atoms with E-state index in [2.05, 4.69) is 80.2 Å². The smallest absolute Gasteiger partial charge is 0.286 e. The molecule has 3 aliphatic heterocycles. The summed E-state index contributed by atoms with van der Waals surface area (Å²) in [7, 11) is -1.99. The Morgan fingerprint density at radius 3 is 2.44 bits per heavy atom. The third kappa shape index (κ3) is 4.74. The van der Waals surface area contributed by atoms with E-state index in [9.17, 15) is 4.79 Å². The molecule has 3 heterocycles. The van der Waals surface area contributed by atoms with Crippen molar-refractivity contribution in [3.63, 3.8) is 0 Å². The highest BCUT2D eigenvalue weighted by molar-refractivity contribution is 8.18. The van der Waals surface area contributed by atoms with Crippen LogP contribution >= 0.6 is 11.8 Å². The summed E-state index contributed by atoms with van der Waals surface area (Å²) in [5.41, 5.74) is 4.39. The van der Waals surface area contributed by atoms with Gasteiger partial charge in [-0.05, 0) is 59.4 Å². The number of rotatable bonds is 4. The number of amidine groups is 1. The Bertz CT molecular complexity index is 1210. The van der Waals surface area contributed by atoms with Crippen molar-refractivity contribution in [3.05, 3.63) is 76.2 Å². The Balaban J connectivity index is 1.35. The molecule has 36 heavy (non-hydrogen) atoms. The van der Waals surface area contributed by atoms with E-state index in [4.69, 9.17) is 9.16 Å². The SMILES string of the molecule is CC(C)(C)[Si](C)(C)OC/C(=C1\SC(N2CCC3(CC2)OCc2ccccc23)=NC1=O)c1ccccc1. The molecule has 1 fully saturated rings. The third-order valence-electron chi connectivity index (χ3n) is 8.22. The van der Waals surface area contributed by atoms with Crippen molar-refractivity contribution in [1.82, 2.24) is 4.90 Å². The zero-order valence-corrected chi connectivity index (χ0v) is 23.8. The van der Waals surface area contributed by atoms with Crippen LogP contribution in [-0.4, -0.2) is 44.0 Å². The highest BCUT2D eigenvalue weighted by Gasteiger charge is 2.44. The summed E-state index contributed by atoms with van der Waals surface area (Å²) >= 11 is 1.50. The molecular weight excluding hydrogens is 484 g/mol. The van der Waals surface area contributed by atoms with E-state index in [0.29, 0.717) is 18.1 Å². The lowest BCUT2D eigenvalue weighted by Gasteiger charge is -2.39. The zero-order valence-electron chi connectivity index (χ0n) is 22.0. The number of benzene rings is 2. The minimum atomic E-state index is -1.99. The van der Waals surface area contributed by atoms with Gasteiger partial charge in [-0.1, -0.05) is 75.4 Å². The number of piperidine rings is 1. The predicted octanol–water partition coefficient (Wildman–Crippen LogP) is 6.57. The molecule has 0 bridgehead atoms. The van der Waals surface area contributed by atoms with Crippen LogP contribution in [0.1, 0.15) is 50.3 Å². The van der Waals surface area contributed by atoms with E-state index in [1.54, 1.807) is 0 Å². The van der Waals surface area contributed by atoms with Crippen LogP contribution in [0.25, 0.3) is 5.57 Å². The zero-order chi connectivity index (χ0) is 25.6. The van der Waals surface area contributed by atoms with Crippen molar-refractivity contribution in [2.45, 2.75) is 64.0 Å². The standard InChI is InChI=1S/C29H36N2O3SSi/c1-28(2,3)36(4,5)34-20-23(21-11-7-6-8-12-21)25-26(32)30-27(35-25)31-17-15-29(16-18-31)24-14-10-9-13-22(24)19-33-29/h6-14H,15-20H2,1-5H3/b25-23+. The molecule has 1 saturated heterocycles. The maximum Gasteiger partial charge on any atom is 0.286 e. The fourth-order valence-electron chi connectivity index (χ4n) is 4.87. The molecule has 5 rings (SSSR count). The average Bonchev–Trinajstić information content (AvgIpc) is 3.41. The molecule has 0 aliphatic carbocycles. The molecule has 3 aliphatic rings. The maximum absolute atomic E-state index is 13.2. The van der Waals surface area contributed by atoms with Crippen molar-refractivity contribution in [2.24, 2.45) is 4.99 Å². The predicted molar refractivity (Wildman–Crippen MR) is 150 cm³/mol. The molecule has 0 saturated carbocycles. The number of amides is 1. The van der Waals surface area contributed by atoms with Crippen LogP contribution in [-0.2, 0) is 26.2 Å². The van der Waals surface area contributed by atoms with Crippen molar-refractivity contribution in [2.75, 3.05) is 19.7 Å². The summed E-state index contributed by atoms with van der Waals surface area (Å²) in [5.74, 6) is -0.157. The topological polar surface area (TPSA) is 51.1 Å². The second-order valence-corrected chi connectivity index (χ2v) is 17.2. The second-order valence-electron chi connectivity index (χ2n) is 11.5. The van der Waals surface area contributed by atoms with Crippen LogP contribution in [0, 0.1) is 0 Å². The largest absolute Gasteiger partial charge is 0.412 e. The number of aliphatic imine (C=N–C) groups is 1. The Morgan fingerprint density at radius 1 is 1.08 bits per heavy atom. The number of likely N-dealkylation sites (tertiary alicyclic amines) is 1. The van der Waals surface area contributed by atoms with Gasteiger partial charge in [0, 0.05) is 18.7 Å². The van der Waals surface area contributed by atoms with E-state index >= 15 is 0 Å². The molecule has 5 nitrogen and oxygen atoms in total. The van der Waals surface area contributed by atoms with Gasteiger partial charge in [-0.15, -0.1) is 0 Å². The number of thioether (sulfide) groups is 1. The summed E-state index contributed by atoms with van der Waals surface area (Å²) in [4.78, 5) is 20.7. The second kappa shape index (κ2) is 9.60. The van der Waals surface area contributed by atoms with Gasteiger partial charge >= 0.3 is 0 Å². The van der Waals surface area contributed by atoms with Gasteiger partial charge in [0.2, 0.25) is 0 Å². The minimum Gasteiger partial charge on any atom is -0.412 e. The van der Waals surface area contributed by atoms with Crippen molar-refractivity contribution in [1.29, 1.82) is 0 Å². The maximum atomic E-state index is 13.2. The number of ether oxygens (including phenoxy) is 1.